The summed E-state index contributed by atoms with van der Waals surface area (Å²) in [5, 5.41) is 2.82. The minimum absolute atomic E-state index is 0.0221. The van der Waals surface area contributed by atoms with Crippen molar-refractivity contribution in [1.82, 2.24) is 0 Å². The van der Waals surface area contributed by atoms with E-state index in [1.165, 1.54) is 13.2 Å². The number of carbonyl (C=O) groups excluding carboxylic acids is 1. The molecule has 0 aliphatic rings. The lowest BCUT2D eigenvalue weighted by atomic mass is 10.1. The number of anilines is 2. The Kier molecular flexibility index (Phi) is 6.68. The fourth-order valence-electron chi connectivity index (χ4n) is 2.53. The van der Waals surface area contributed by atoms with Crippen LogP contribution in [-0.2, 0) is 10.0 Å². The van der Waals surface area contributed by atoms with Crippen molar-refractivity contribution in [3.63, 3.8) is 0 Å². The molecule has 0 aliphatic carbocycles. The van der Waals surface area contributed by atoms with Gasteiger partial charge in [0.1, 0.15) is 0 Å². The van der Waals surface area contributed by atoms with E-state index in [9.17, 15) is 13.2 Å². The lowest BCUT2D eigenvalue weighted by molar-refractivity contribution is 0.102. The second-order valence-corrected chi connectivity index (χ2v) is 7.82. The molecule has 0 saturated heterocycles. The summed E-state index contributed by atoms with van der Waals surface area (Å²) in [6.45, 7) is 3.63. The number of aryl methyl sites for hydroxylation is 1. The molecule has 0 aliphatic heterocycles. The van der Waals surface area contributed by atoms with Crippen LogP contribution in [0.15, 0.2) is 36.4 Å². The second-order valence-electron chi connectivity index (χ2n) is 5.98. The zero-order valence-electron chi connectivity index (χ0n) is 15.8. The van der Waals surface area contributed by atoms with E-state index in [4.69, 9.17) is 9.47 Å². The van der Waals surface area contributed by atoms with E-state index in [-0.39, 0.29) is 11.7 Å². The molecule has 0 bridgehead atoms. The molecule has 2 aromatic carbocycles. The second kappa shape index (κ2) is 8.77. The Bertz CT molecular complexity index is 926. The molecule has 0 spiro atoms. The summed E-state index contributed by atoms with van der Waals surface area (Å²) < 4.78 is 36.8. The number of rotatable bonds is 8. The Hall–Kier alpha value is -2.74. The predicted octanol–water partition coefficient (Wildman–Crippen LogP) is 3.42. The minimum atomic E-state index is -3.42. The molecule has 27 heavy (non-hydrogen) atoms. The predicted molar refractivity (Wildman–Crippen MR) is 106 cm³/mol. The van der Waals surface area contributed by atoms with Crippen LogP contribution in [0.4, 0.5) is 11.4 Å². The molecular formula is C19H24N2O5S. The molecule has 0 fully saturated rings. The summed E-state index contributed by atoms with van der Waals surface area (Å²) in [5.41, 5.74) is 2.07. The van der Waals surface area contributed by atoms with E-state index in [1.807, 2.05) is 6.92 Å². The van der Waals surface area contributed by atoms with Crippen molar-refractivity contribution in [2.75, 3.05) is 30.0 Å². The minimum Gasteiger partial charge on any atom is -0.493 e. The number of hydrogen-bond acceptors (Lipinski definition) is 5. The van der Waals surface area contributed by atoms with E-state index >= 15 is 0 Å². The van der Waals surface area contributed by atoms with Gasteiger partial charge in [-0.05, 0) is 43.2 Å². The summed E-state index contributed by atoms with van der Waals surface area (Å²) in [6, 6.07) is 9.79. The van der Waals surface area contributed by atoms with Crippen LogP contribution < -0.4 is 19.5 Å². The average molecular weight is 392 g/mol. The zero-order valence-corrected chi connectivity index (χ0v) is 16.6. The summed E-state index contributed by atoms with van der Waals surface area (Å²) in [5.74, 6) is 0.732. The number of hydrogen-bond donors (Lipinski definition) is 2. The van der Waals surface area contributed by atoms with E-state index < -0.39 is 10.0 Å². The first-order chi connectivity index (χ1) is 12.8. The highest BCUT2D eigenvalue weighted by Gasteiger charge is 2.14. The number of ether oxygens (including phenoxy) is 2. The van der Waals surface area contributed by atoms with Crippen LogP contribution in [0.3, 0.4) is 0 Å². The smallest absolute Gasteiger partial charge is 0.255 e. The normalized spacial score (nSPS) is 11.0. The Morgan fingerprint density at radius 1 is 1.07 bits per heavy atom. The first-order valence-electron chi connectivity index (χ1n) is 8.44. The quantitative estimate of drug-likeness (QED) is 0.718. The third-order valence-electron chi connectivity index (χ3n) is 3.85. The van der Waals surface area contributed by atoms with E-state index in [0.717, 1.165) is 5.56 Å². The van der Waals surface area contributed by atoms with Crippen LogP contribution in [0.25, 0.3) is 0 Å². The first-order valence-corrected chi connectivity index (χ1v) is 10.1. The molecule has 1 amide bonds. The van der Waals surface area contributed by atoms with Gasteiger partial charge in [0, 0.05) is 23.0 Å². The molecule has 2 aromatic rings. The van der Waals surface area contributed by atoms with E-state index in [2.05, 4.69) is 10.0 Å². The molecule has 7 nitrogen and oxygen atoms in total. The van der Waals surface area contributed by atoms with E-state index in [0.29, 0.717) is 34.9 Å². The number of methoxy groups -OCH3 is 2. The van der Waals surface area contributed by atoms with Crippen LogP contribution in [0.1, 0.15) is 29.3 Å². The maximum Gasteiger partial charge on any atom is 0.255 e. The van der Waals surface area contributed by atoms with Crippen molar-refractivity contribution in [3.05, 3.63) is 47.5 Å². The number of sulfonamides is 1. The van der Waals surface area contributed by atoms with Gasteiger partial charge >= 0.3 is 0 Å². The zero-order chi connectivity index (χ0) is 20.0. The molecule has 2 N–H and O–H groups in total. The van der Waals surface area contributed by atoms with Gasteiger partial charge in [-0.1, -0.05) is 13.0 Å². The highest BCUT2D eigenvalue weighted by Crippen LogP contribution is 2.33. The third kappa shape index (κ3) is 5.37. The van der Waals surface area contributed by atoms with Gasteiger partial charge in [0.25, 0.3) is 5.91 Å². The molecule has 0 unspecified atom stereocenters. The number of benzene rings is 2. The lowest BCUT2D eigenvalue weighted by Crippen LogP contribution is -2.17. The Morgan fingerprint density at radius 2 is 1.74 bits per heavy atom. The van der Waals surface area contributed by atoms with Crippen LogP contribution >= 0.6 is 0 Å². The van der Waals surface area contributed by atoms with Crippen molar-refractivity contribution in [3.8, 4) is 11.5 Å². The molecule has 146 valence electrons. The molecule has 0 heterocycles. The maximum atomic E-state index is 12.6. The Labute approximate surface area is 159 Å². The SMILES string of the molecule is CCCS(=O)(=O)Nc1cccc(C(=O)Nc2cc(OC)c(OC)cc2C)c1. The molecule has 8 heteroatoms. The molecule has 0 aromatic heterocycles. The Morgan fingerprint density at radius 3 is 2.37 bits per heavy atom. The molecule has 2 rings (SSSR count). The fraction of sp³-hybridized carbons (Fsp3) is 0.316. The van der Waals surface area contributed by atoms with Crippen molar-refractivity contribution in [2.24, 2.45) is 0 Å². The highest BCUT2D eigenvalue weighted by atomic mass is 32.2. The molecule has 0 saturated carbocycles. The van der Waals surface area contributed by atoms with Crippen molar-refractivity contribution >= 4 is 27.3 Å². The van der Waals surface area contributed by atoms with Gasteiger partial charge in [-0.15, -0.1) is 0 Å². The van der Waals surface area contributed by atoms with Crippen LogP contribution in [0, 0.1) is 6.92 Å². The molecular weight excluding hydrogens is 368 g/mol. The maximum absolute atomic E-state index is 12.6. The van der Waals surface area contributed by atoms with Gasteiger partial charge in [-0.3, -0.25) is 9.52 Å². The number of amides is 1. The van der Waals surface area contributed by atoms with Gasteiger partial charge < -0.3 is 14.8 Å². The summed E-state index contributed by atoms with van der Waals surface area (Å²) in [6.07, 6.45) is 0.508. The largest absolute Gasteiger partial charge is 0.493 e. The Balaban J connectivity index is 2.23. The average Bonchev–Trinajstić information content (AvgIpc) is 2.62. The van der Waals surface area contributed by atoms with Gasteiger partial charge in [-0.25, -0.2) is 8.42 Å². The van der Waals surface area contributed by atoms with Gasteiger partial charge in [-0.2, -0.15) is 0 Å². The van der Waals surface area contributed by atoms with Crippen LogP contribution in [-0.4, -0.2) is 34.3 Å². The fourth-order valence-corrected chi connectivity index (χ4v) is 3.66. The number of carbonyl (C=O) groups is 1. The summed E-state index contributed by atoms with van der Waals surface area (Å²) in [4.78, 5) is 12.6. The van der Waals surface area contributed by atoms with Crippen molar-refractivity contribution in [1.29, 1.82) is 0 Å². The summed E-state index contributed by atoms with van der Waals surface area (Å²) >= 11 is 0. The topological polar surface area (TPSA) is 93.7 Å². The third-order valence-corrected chi connectivity index (χ3v) is 5.34. The summed E-state index contributed by atoms with van der Waals surface area (Å²) in [7, 11) is -0.361. The van der Waals surface area contributed by atoms with Gasteiger partial charge in [0.05, 0.1) is 20.0 Å². The lowest BCUT2D eigenvalue weighted by Gasteiger charge is -2.14. The van der Waals surface area contributed by atoms with Gasteiger partial charge in [0.2, 0.25) is 10.0 Å². The standard InChI is InChI=1S/C19H24N2O5S/c1-5-9-27(23,24)21-15-8-6-7-14(11-15)19(22)20-16-12-18(26-4)17(25-3)10-13(16)2/h6-8,10-12,21H,5,9H2,1-4H3,(H,20,22). The molecule has 0 radical (unpaired) electrons. The highest BCUT2D eigenvalue weighted by molar-refractivity contribution is 7.92. The number of nitrogens with one attached hydrogen (secondary N) is 2. The molecule has 0 atom stereocenters. The monoisotopic (exact) mass is 392 g/mol. The van der Waals surface area contributed by atoms with Crippen LogP contribution in [0.2, 0.25) is 0 Å². The van der Waals surface area contributed by atoms with Crippen molar-refractivity contribution < 1.29 is 22.7 Å². The van der Waals surface area contributed by atoms with Crippen LogP contribution in [0.5, 0.6) is 11.5 Å². The van der Waals surface area contributed by atoms with Crippen molar-refractivity contribution in [2.45, 2.75) is 20.3 Å². The first kappa shape index (κ1) is 20.6. The van der Waals surface area contributed by atoms with Gasteiger partial charge in [0.15, 0.2) is 11.5 Å². The van der Waals surface area contributed by atoms with E-state index in [1.54, 1.807) is 44.4 Å².